The fourth-order valence-electron chi connectivity index (χ4n) is 2.40. The van der Waals surface area contributed by atoms with E-state index in [0.29, 0.717) is 32.7 Å². The number of carbonyl (C=O) groups is 1. The molecular formula is C10H16O5. The zero-order valence-electron chi connectivity index (χ0n) is 8.52. The smallest absolute Gasteiger partial charge is 0.332 e. The van der Waals surface area contributed by atoms with E-state index in [9.17, 15) is 9.90 Å². The van der Waals surface area contributed by atoms with E-state index in [2.05, 4.69) is 0 Å². The van der Waals surface area contributed by atoms with Crippen molar-refractivity contribution in [1.82, 2.24) is 0 Å². The number of aliphatic hydroxyl groups excluding tert-OH is 1. The maximum absolute atomic E-state index is 10.7. The second kappa shape index (κ2) is 4.08. The highest BCUT2D eigenvalue weighted by Gasteiger charge is 2.44. The first-order chi connectivity index (χ1) is 7.13. The highest BCUT2D eigenvalue weighted by atomic mass is 16.6. The molecule has 0 aliphatic carbocycles. The lowest BCUT2D eigenvalue weighted by Crippen LogP contribution is -2.45. The summed E-state index contributed by atoms with van der Waals surface area (Å²) in [7, 11) is 0. The largest absolute Gasteiger partial charge is 0.479 e. The van der Waals surface area contributed by atoms with Crippen LogP contribution in [0.3, 0.4) is 0 Å². The number of hydrogen-bond donors (Lipinski definition) is 2. The minimum Gasteiger partial charge on any atom is -0.479 e. The molecule has 0 saturated carbocycles. The lowest BCUT2D eigenvalue weighted by molar-refractivity contribution is -0.158. The zero-order valence-corrected chi connectivity index (χ0v) is 8.52. The van der Waals surface area contributed by atoms with Crippen molar-refractivity contribution in [3.8, 4) is 0 Å². The van der Waals surface area contributed by atoms with Gasteiger partial charge in [0.05, 0.1) is 12.2 Å². The van der Waals surface area contributed by atoms with Crippen molar-refractivity contribution in [2.75, 3.05) is 19.8 Å². The molecule has 2 fully saturated rings. The Balaban J connectivity index is 2.00. The summed E-state index contributed by atoms with van der Waals surface area (Å²) in [6.07, 6.45) is 0.720. The van der Waals surface area contributed by atoms with Gasteiger partial charge in [-0.15, -0.1) is 0 Å². The van der Waals surface area contributed by atoms with Crippen molar-refractivity contribution in [1.29, 1.82) is 0 Å². The van der Waals surface area contributed by atoms with E-state index in [4.69, 9.17) is 14.6 Å². The molecule has 3 atom stereocenters. The Bertz CT molecular complexity index is 246. The number of ether oxygens (including phenoxy) is 2. The van der Waals surface area contributed by atoms with Gasteiger partial charge in [-0.2, -0.15) is 0 Å². The first-order valence-electron chi connectivity index (χ1n) is 5.26. The molecule has 2 aliphatic rings. The van der Waals surface area contributed by atoms with Crippen molar-refractivity contribution < 1.29 is 24.5 Å². The van der Waals surface area contributed by atoms with Gasteiger partial charge in [-0.05, 0) is 12.8 Å². The van der Waals surface area contributed by atoms with Crippen molar-refractivity contribution >= 4 is 5.97 Å². The second-order valence-electron chi connectivity index (χ2n) is 4.37. The molecule has 2 heterocycles. The quantitative estimate of drug-likeness (QED) is 0.680. The lowest BCUT2D eigenvalue weighted by Gasteiger charge is -2.37. The first kappa shape index (κ1) is 10.9. The number of hydrogen-bond acceptors (Lipinski definition) is 4. The molecule has 2 N–H and O–H groups in total. The van der Waals surface area contributed by atoms with Crippen LogP contribution in [0.5, 0.6) is 0 Å². The van der Waals surface area contributed by atoms with Gasteiger partial charge in [0.15, 0.2) is 6.10 Å². The summed E-state index contributed by atoms with van der Waals surface area (Å²) in [5, 5.41) is 18.2. The lowest BCUT2D eigenvalue weighted by atomic mass is 9.82. The Kier molecular flexibility index (Phi) is 2.95. The standard InChI is InChI=1S/C10H16O5/c11-8(9(12)13)7-1-3-15-10(5-7)2-4-14-6-10/h7-8,11H,1-6H2,(H,12,13). The Morgan fingerprint density at radius 3 is 2.87 bits per heavy atom. The molecule has 15 heavy (non-hydrogen) atoms. The summed E-state index contributed by atoms with van der Waals surface area (Å²) in [6, 6.07) is 0. The van der Waals surface area contributed by atoms with Gasteiger partial charge in [0.2, 0.25) is 0 Å². The number of rotatable bonds is 2. The summed E-state index contributed by atoms with van der Waals surface area (Å²) in [5.41, 5.74) is -0.334. The van der Waals surface area contributed by atoms with Crippen LogP contribution < -0.4 is 0 Å². The van der Waals surface area contributed by atoms with E-state index in [1.807, 2.05) is 0 Å². The minimum atomic E-state index is -1.27. The van der Waals surface area contributed by atoms with Crippen LogP contribution in [-0.4, -0.2) is 47.7 Å². The fraction of sp³-hybridized carbons (Fsp3) is 0.900. The second-order valence-corrected chi connectivity index (χ2v) is 4.37. The Morgan fingerprint density at radius 1 is 1.47 bits per heavy atom. The van der Waals surface area contributed by atoms with Crippen molar-refractivity contribution in [2.45, 2.75) is 31.0 Å². The van der Waals surface area contributed by atoms with Crippen LogP contribution >= 0.6 is 0 Å². The van der Waals surface area contributed by atoms with E-state index < -0.39 is 12.1 Å². The van der Waals surface area contributed by atoms with Crippen molar-refractivity contribution in [2.24, 2.45) is 5.92 Å². The molecule has 3 unspecified atom stereocenters. The van der Waals surface area contributed by atoms with Gasteiger partial charge in [0.25, 0.3) is 0 Å². The molecule has 0 aromatic heterocycles. The predicted molar refractivity (Wildman–Crippen MR) is 50.5 cm³/mol. The predicted octanol–water partition coefficient (Wildman–Crippen LogP) is 0.0176. The Morgan fingerprint density at radius 2 is 2.27 bits per heavy atom. The van der Waals surface area contributed by atoms with Gasteiger partial charge in [0.1, 0.15) is 0 Å². The summed E-state index contributed by atoms with van der Waals surface area (Å²) in [6.45, 7) is 1.70. The molecule has 1 spiro atoms. The molecule has 0 amide bonds. The van der Waals surface area contributed by atoms with E-state index in [1.54, 1.807) is 0 Å². The number of aliphatic hydroxyl groups is 1. The van der Waals surface area contributed by atoms with E-state index in [0.717, 1.165) is 6.42 Å². The van der Waals surface area contributed by atoms with Crippen LogP contribution in [-0.2, 0) is 14.3 Å². The third kappa shape index (κ3) is 2.14. The molecule has 2 rings (SSSR count). The van der Waals surface area contributed by atoms with Gasteiger partial charge in [0, 0.05) is 25.6 Å². The van der Waals surface area contributed by atoms with Crippen molar-refractivity contribution in [3.63, 3.8) is 0 Å². The molecule has 2 saturated heterocycles. The minimum absolute atomic E-state index is 0.210. The van der Waals surface area contributed by atoms with Crippen LogP contribution in [0.4, 0.5) is 0 Å². The first-order valence-corrected chi connectivity index (χ1v) is 5.26. The summed E-state index contributed by atoms with van der Waals surface area (Å²) < 4.78 is 10.9. The normalized spacial score (nSPS) is 38.1. The number of aliphatic carboxylic acids is 1. The average Bonchev–Trinajstić information content (AvgIpc) is 2.65. The molecule has 0 aromatic rings. The Labute approximate surface area is 88.0 Å². The van der Waals surface area contributed by atoms with Gasteiger partial charge >= 0.3 is 5.97 Å². The summed E-state index contributed by atoms with van der Waals surface area (Å²) in [5.74, 6) is -1.35. The van der Waals surface area contributed by atoms with Crippen LogP contribution in [0.15, 0.2) is 0 Å². The van der Waals surface area contributed by atoms with Gasteiger partial charge in [-0.25, -0.2) is 4.79 Å². The van der Waals surface area contributed by atoms with Crippen LogP contribution in [0, 0.1) is 5.92 Å². The van der Waals surface area contributed by atoms with Crippen LogP contribution in [0.2, 0.25) is 0 Å². The van der Waals surface area contributed by atoms with Crippen molar-refractivity contribution in [3.05, 3.63) is 0 Å². The molecule has 5 heteroatoms. The van der Waals surface area contributed by atoms with Gasteiger partial charge in [-0.1, -0.05) is 0 Å². The SMILES string of the molecule is O=C(O)C(O)C1CCOC2(CCOC2)C1. The van der Waals surface area contributed by atoms with Gasteiger partial charge in [-0.3, -0.25) is 0 Å². The molecule has 0 aromatic carbocycles. The third-order valence-electron chi connectivity index (χ3n) is 3.30. The number of carboxylic acid groups (broad SMARTS) is 1. The molecule has 2 aliphatic heterocycles. The summed E-state index contributed by atoms with van der Waals surface area (Å²) >= 11 is 0. The average molecular weight is 216 g/mol. The fourth-order valence-corrected chi connectivity index (χ4v) is 2.40. The van der Waals surface area contributed by atoms with E-state index in [1.165, 1.54) is 0 Å². The summed E-state index contributed by atoms with van der Waals surface area (Å²) in [4.78, 5) is 10.7. The molecular weight excluding hydrogens is 200 g/mol. The topological polar surface area (TPSA) is 76.0 Å². The highest BCUT2D eigenvalue weighted by Crippen LogP contribution is 2.37. The maximum atomic E-state index is 10.7. The molecule has 5 nitrogen and oxygen atoms in total. The van der Waals surface area contributed by atoms with E-state index >= 15 is 0 Å². The Hall–Kier alpha value is -0.650. The zero-order chi connectivity index (χ0) is 10.9. The molecule has 86 valence electrons. The molecule has 0 bridgehead atoms. The maximum Gasteiger partial charge on any atom is 0.332 e. The van der Waals surface area contributed by atoms with Crippen LogP contribution in [0.25, 0.3) is 0 Å². The van der Waals surface area contributed by atoms with Crippen LogP contribution in [0.1, 0.15) is 19.3 Å². The monoisotopic (exact) mass is 216 g/mol. The molecule has 0 radical (unpaired) electrons. The van der Waals surface area contributed by atoms with Gasteiger partial charge < -0.3 is 19.7 Å². The highest BCUT2D eigenvalue weighted by molar-refractivity contribution is 5.72. The van der Waals surface area contributed by atoms with E-state index in [-0.39, 0.29) is 11.5 Å². The number of carboxylic acids is 1. The third-order valence-corrected chi connectivity index (χ3v) is 3.30.